The van der Waals surface area contributed by atoms with Gasteiger partial charge in [0, 0.05) is 55.7 Å². The standard InChI is InChI=1S/C47H29N3O/c1-3-12-41-39(11-1)43-40(21-20-38-36-10-2-4-13-42(36)51-47(38)43)44(50-41)33-8-5-7-30(25-33)31-16-14-28-15-17-32(27-34(28)26-31)35-22-24-49-46-37(35)19-18-29-9-6-23-48-45(29)46/h1-13,15,17-27H,14,16H2. The molecule has 1 aliphatic rings. The molecule has 0 N–H and O–H groups in total. The third-order valence-corrected chi connectivity index (χ3v) is 10.6. The van der Waals surface area contributed by atoms with Gasteiger partial charge >= 0.3 is 0 Å². The zero-order chi connectivity index (χ0) is 33.5. The number of aryl methyl sites for hydroxylation is 1. The summed E-state index contributed by atoms with van der Waals surface area (Å²) >= 11 is 0. The van der Waals surface area contributed by atoms with E-state index in [9.17, 15) is 0 Å². The van der Waals surface area contributed by atoms with Gasteiger partial charge in [-0.1, -0.05) is 97.1 Å². The summed E-state index contributed by atoms with van der Waals surface area (Å²) in [5.74, 6) is 0. The number of hydrogen-bond acceptors (Lipinski definition) is 4. The van der Waals surface area contributed by atoms with Crippen LogP contribution in [0.25, 0.3) is 99.5 Å². The van der Waals surface area contributed by atoms with Crippen molar-refractivity contribution in [3.63, 3.8) is 0 Å². The van der Waals surface area contributed by atoms with E-state index in [0.29, 0.717) is 0 Å². The van der Waals surface area contributed by atoms with Crippen molar-refractivity contribution in [2.24, 2.45) is 0 Å². The molecular weight excluding hydrogens is 623 g/mol. The number of aromatic nitrogens is 3. The first-order valence-corrected chi connectivity index (χ1v) is 17.5. The summed E-state index contributed by atoms with van der Waals surface area (Å²) in [6.07, 6.45) is 8.11. The van der Waals surface area contributed by atoms with Gasteiger partial charge in [-0.3, -0.25) is 9.97 Å². The average Bonchev–Trinajstić information content (AvgIpc) is 3.59. The van der Waals surface area contributed by atoms with Crippen molar-refractivity contribution in [1.29, 1.82) is 0 Å². The lowest BCUT2D eigenvalue weighted by atomic mass is 9.86. The van der Waals surface area contributed by atoms with Crippen LogP contribution in [0, 0.1) is 0 Å². The molecule has 1 aliphatic carbocycles. The van der Waals surface area contributed by atoms with Crippen LogP contribution in [0.4, 0.5) is 0 Å². The number of pyridine rings is 3. The second-order valence-corrected chi connectivity index (χ2v) is 13.5. The Morgan fingerprint density at radius 1 is 0.529 bits per heavy atom. The summed E-state index contributed by atoms with van der Waals surface area (Å²) in [7, 11) is 0. The fourth-order valence-electron chi connectivity index (χ4n) is 8.19. The maximum absolute atomic E-state index is 6.56. The molecule has 0 unspecified atom stereocenters. The fraction of sp³-hybridized carbons (Fsp3) is 0.0426. The van der Waals surface area contributed by atoms with Gasteiger partial charge in [0.1, 0.15) is 11.2 Å². The van der Waals surface area contributed by atoms with Crippen LogP contribution in [0.2, 0.25) is 0 Å². The topological polar surface area (TPSA) is 51.8 Å². The molecule has 10 aromatic rings. The van der Waals surface area contributed by atoms with E-state index in [1.54, 1.807) is 0 Å². The van der Waals surface area contributed by atoms with Crippen molar-refractivity contribution >= 4 is 77.1 Å². The van der Waals surface area contributed by atoms with Crippen LogP contribution in [0.1, 0.15) is 23.1 Å². The van der Waals surface area contributed by atoms with Gasteiger partial charge < -0.3 is 4.42 Å². The Morgan fingerprint density at radius 2 is 1.37 bits per heavy atom. The zero-order valence-electron chi connectivity index (χ0n) is 27.6. The van der Waals surface area contributed by atoms with Crippen LogP contribution >= 0.6 is 0 Å². The molecule has 0 saturated heterocycles. The van der Waals surface area contributed by atoms with Crippen LogP contribution < -0.4 is 0 Å². The van der Waals surface area contributed by atoms with Crippen molar-refractivity contribution in [3.05, 3.63) is 163 Å². The van der Waals surface area contributed by atoms with Crippen LogP contribution in [0.5, 0.6) is 0 Å². The summed E-state index contributed by atoms with van der Waals surface area (Å²) in [5.41, 5.74) is 14.3. The van der Waals surface area contributed by atoms with E-state index in [1.165, 1.54) is 33.4 Å². The van der Waals surface area contributed by atoms with Crippen molar-refractivity contribution in [1.82, 2.24) is 15.0 Å². The number of furan rings is 1. The Hall–Kier alpha value is -6.65. The van der Waals surface area contributed by atoms with E-state index < -0.39 is 0 Å². The van der Waals surface area contributed by atoms with Crippen molar-refractivity contribution < 1.29 is 4.42 Å². The Labute approximate surface area is 293 Å². The lowest BCUT2D eigenvalue weighted by Crippen LogP contribution is -2.00. The number of benzene rings is 6. The van der Waals surface area contributed by atoms with E-state index in [-0.39, 0.29) is 0 Å². The molecule has 0 atom stereocenters. The van der Waals surface area contributed by atoms with Gasteiger partial charge in [0.15, 0.2) is 0 Å². The normalized spacial score (nSPS) is 13.1. The Bertz CT molecular complexity index is 3100. The first-order valence-electron chi connectivity index (χ1n) is 17.5. The van der Waals surface area contributed by atoms with Crippen LogP contribution in [-0.2, 0) is 6.42 Å². The highest BCUT2D eigenvalue weighted by Gasteiger charge is 2.19. The average molecular weight is 652 g/mol. The maximum atomic E-state index is 6.56. The largest absolute Gasteiger partial charge is 0.455 e. The summed E-state index contributed by atoms with van der Waals surface area (Å²) in [6.45, 7) is 0. The van der Waals surface area contributed by atoms with E-state index in [0.717, 1.165) is 89.5 Å². The van der Waals surface area contributed by atoms with Gasteiger partial charge in [-0.2, -0.15) is 0 Å². The summed E-state index contributed by atoms with van der Waals surface area (Å²) in [5, 5.41) is 7.79. The molecule has 0 fully saturated rings. The summed E-state index contributed by atoms with van der Waals surface area (Å²) in [4.78, 5) is 14.7. The van der Waals surface area contributed by atoms with Crippen molar-refractivity contribution in [3.8, 4) is 22.4 Å². The lowest BCUT2D eigenvalue weighted by molar-refractivity contribution is 0.673. The highest BCUT2D eigenvalue weighted by molar-refractivity contribution is 6.24. The molecule has 0 aliphatic heterocycles. The van der Waals surface area contributed by atoms with Gasteiger partial charge in [0.05, 0.1) is 22.2 Å². The number of allylic oxidation sites excluding steroid dienone is 1. The fourth-order valence-corrected chi connectivity index (χ4v) is 8.19. The molecular formula is C47H29N3O. The minimum atomic E-state index is 0.903. The van der Waals surface area contributed by atoms with E-state index in [4.69, 9.17) is 14.4 Å². The summed E-state index contributed by atoms with van der Waals surface area (Å²) in [6, 6.07) is 47.4. The lowest BCUT2D eigenvalue weighted by Gasteiger charge is -2.19. The van der Waals surface area contributed by atoms with Gasteiger partial charge in [-0.05, 0) is 88.7 Å². The molecule has 0 spiro atoms. The van der Waals surface area contributed by atoms with Crippen molar-refractivity contribution in [2.45, 2.75) is 12.8 Å². The molecule has 4 heteroatoms. The molecule has 6 aromatic carbocycles. The quantitative estimate of drug-likeness (QED) is 0.178. The SMILES string of the molecule is C1=C(c2cccc(-c3nc4ccccc4c4c3ccc3c5ccccc5oc34)c2)CCc2ccc(-c3ccnc4c3ccc3cccnc34)cc21. The highest BCUT2D eigenvalue weighted by Crippen LogP contribution is 2.42. The van der Waals surface area contributed by atoms with E-state index in [1.807, 2.05) is 30.6 Å². The van der Waals surface area contributed by atoms with Crippen molar-refractivity contribution in [2.75, 3.05) is 0 Å². The Morgan fingerprint density at radius 3 is 2.35 bits per heavy atom. The predicted molar refractivity (Wildman–Crippen MR) is 211 cm³/mol. The number of hydrogen-bond donors (Lipinski definition) is 0. The van der Waals surface area contributed by atoms with Crippen LogP contribution in [-0.4, -0.2) is 15.0 Å². The molecule has 4 aromatic heterocycles. The molecule has 4 heterocycles. The van der Waals surface area contributed by atoms with E-state index >= 15 is 0 Å². The molecule has 0 radical (unpaired) electrons. The van der Waals surface area contributed by atoms with Gasteiger partial charge in [0.2, 0.25) is 0 Å². The van der Waals surface area contributed by atoms with Gasteiger partial charge in [-0.25, -0.2) is 4.98 Å². The molecule has 0 amide bonds. The molecule has 238 valence electrons. The number of rotatable bonds is 3. The predicted octanol–water partition coefficient (Wildman–Crippen LogP) is 12.2. The molecule has 4 nitrogen and oxygen atoms in total. The van der Waals surface area contributed by atoms with Gasteiger partial charge in [-0.15, -0.1) is 0 Å². The van der Waals surface area contributed by atoms with Crippen LogP contribution in [0.3, 0.4) is 0 Å². The second kappa shape index (κ2) is 10.9. The highest BCUT2D eigenvalue weighted by atomic mass is 16.3. The Kier molecular flexibility index (Phi) is 6.05. The summed E-state index contributed by atoms with van der Waals surface area (Å²) < 4.78 is 6.56. The number of para-hydroxylation sites is 2. The molecule has 0 saturated carbocycles. The monoisotopic (exact) mass is 651 g/mol. The minimum Gasteiger partial charge on any atom is -0.455 e. The number of nitrogens with zero attached hydrogens (tertiary/aromatic N) is 3. The molecule has 11 rings (SSSR count). The first-order chi connectivity index (χ1) is 25.3. The maximum Gasteiger partial charge on any atom is 0.144 e. The zero-order valence-corrected chi connectivity index (χ0v) is 27.6. The third kappa shape index (κ3) is 4.36. The first kappa shape index (κ1) is 28.2. The smallest absolute Gasteiger partial charge is 0.144 e. The number of fused-ring (bicyclic) bond motifs is 11. The Balaban J connectivity index is 1.04. The second-order valence-electron chi connectivity index (χ2n) is 13.5. The van der Waals surface area contributed by atoms with E-state index in [2.05, 4.69) is 126 Å². The minimum absolute atomic E-state index is 0.903. The van der Waals surface area contributed by atoms with Crippen LogP contribution in [0.15, 0.2) is 150 Å². The van der Waals surface area contributed by atoms with Gasteiger partial charge in [0.25, 0.3) is 0 Å². The molecule has 0 bridgehead atoms. The third-order valence-electron chi connectivity index (χ3n) is 10.6. The molecule has 51 heavy (non-hydrogen) atoms.